The number of hydrogen-bond acceptors (Lipinski definition) is 4. The lowest BCUT2D eigenvalue weighted by Crippen LogP contribution is -2.35. The van der Waals surface area contributed by atoms with Crippen molar-refractivity contribution in [1.82, 2.24) is 10.3 Å². The topological polar surface area (TPSA) is 74.4 Å². The molecule has 2 heterocycles. The van der Waals surface area contributed by atoms with Gasteiger partial charge in [-0.2, -0.15) is 0 Å². The molecule has 2 aromatic carbocycles. The minimum absolute atomic E-state index is 0.0212. The molecule has 1 aromatic heterocycles. The van der Waals surface area contributed by atoms with Gasteiger partial charge in [-0.3, -0.25) is 9.59 Å². The fraction of sp³-hybridized carbons (Fsp3) is 0.529. The van der Waals surface area contributed by atoms with Crippen LogP contribution in [0, 0.1) is 5.41 Å². The number of aryl methyl sites for hydroxylation is 1. The van der Waals surface area contributed by atoms with Crippen molar-refractivity contribution in [3.63, 3.8) is 0 Å². The number of carbonyl (C=O) groups is 2. The van der Waals surface area contributed by atoms with Gasteiger partial charge in [0.05, 0.1) is 12.5 Å². The maximum atomic E-state index is 13.5. The number of para-hydroxylation sites is 1. The normalized spacial score (nSPS) is 15.2. The Hall–Kier alpha value is -3.28. The number of hydrogen-bond donors (Lipinski definition) is 2. The van der Waals surface area contributed by atoms with Gasteiger partial charge in [0.15, 0.2) is 0 Å². The van der Waals surface area contributed by atoms with Crippen molar-refractivity contribution in [2.75, 3.05) is 18.0 Å². The van der Waals surface area contributed by atoms with E-state index in [4.69, 9.17) is 4.74 Å². The molecule has 0 radical (unpaired) electrons. The molecule has 0 spiro atoms. The molecule has 1 atom stereocenters. The second-order valence-corrected chi connectivity index (χ2v) is 13.4. The summed E-state index contributed by atoms with van der Waals surface area (Å²) in [5.41, 5.74) is 5.05. The second kappa shape index (κ2) is 12.5. The van der Waals surface area contributed by atoms with Crippen LogP contribution in [-0.2, 0) is 27.2 Å². The molecule has 4 rings (SSSR count). The predicted molar refractivity (Wildman–Crippen MR) is 164 cm³/mol. The van der Waals surface area contributed by atoms with Crippen LogP contribution >= 0.6 is 0 Å². The molecule has 1 aliphatic rings. The van der Waals surface area contributed by atoms with Crippen molar-refractivity contribution >= 4 is 28.5 Å². The van der Waals surface area contributed by atoms with Gasteiger partial charge < -0.3 is 19.9 Å². The molecule has 0 saturated carbocycles. The van der Waals surface area contributed by atoms with Crippen molar-refractivity contribution < 1.29 is 14.3 Å². The Morgan fingerprint density at radius 3 is 2.42 bits per heavy atom. The summed E-state index contributed by atoms with van der Waals surface area (Å²) in [5.74, 6) is -0.181. The minimum Gasteiger partial charge on any atom is -0.460 e. The van der Waals surface area contributed by atoms with Gasteiger partial charge in [0, 0.05) is 42.3 Å². The highest BCUT2D eigenvalue weighted by Crippen LogP contribution is 2.35. The molecule has 216 valence electrons. The van der Waals surface area contributed by atoms with Gasteiger partial charge in [0.25, 0.3) is 0 Å². The summed E-state index contributed by atoms with van der Waals surface area (Å²) in [4.78, 5) is 31.5. The number of piperidine rings is 1. The third-order valence-electron chi connectivity index (χ3n) is 7.38. The lowest BCUT2D eigenvalue weighted by molar-refractivity contribution is -0.154. The zero-order valence-electron chi connectivity index (χ0n) is 25.2. The molecular formula is C34H47N3O3. The average Bonchev–Trinajstić information content (AvgIpc) is 3.28. The average molecular weight is 546 g/mol. The van der Waals surface area contributed by atoms with Crippen LogP contribution in [-0.4, -0.2) is 35.6 Å². The Morgan fingerprint density at radius 1 is 1.00 bits per heavy atom. The van der Waals surface area contributed by atoms with Gasteiger partial charge in [0.2, 0.25) is 5.91 Å². The third-order valence-corrected chi connectivity index (χ3v) is 7.38. The van der Waals surface area contributed by atoms with E-state index in [1.54, 1.807) is 0 Å². The summed E-state index contributed by atoms with van der Waals surface area (Å²) in [5, 5.41) is 4.45. The van der Waals surface area contributed by atoms with E-state index in [-0.39, 0.29) is 23.3 Å². The van der Waals surface area contributed by atoms with E-state index in [1.807, 2.05) is 39.1 Å². The molecule has 1 aliphatic heterocycles. The molecule has 0 bridgehead atoms. The lowest BCUT2D eigenvalue weighted by Gasteiger charge is -2.34. The lowest BCUT2D eigenvalue weighted by atomic mass is 9.84. The Kier molecular flexibility index (Phi) is 9.27. The van der Waals surface area contributed by atoms with E-state index in [9.17, 15) is 9.59 Å². The van der Waals surface area contributed by atoms with E-state index in [0.29, 0.717) is 19.3 Å². The van der Waals surface area contributed by atoms with Crippen molar-refractivity contribution in [3.8, 4) is 0 Å². The standard InChI is InChI=1S/C34H47N3O3/c1-33(2,3)22-29(26-12-8-9-13-30(26)37-18-10-7-11-19-37)36-31(38)21-24-14-16-28-27(20-24)25(23-35-28)15-17-32(39)40-34(4,5)6/h8-9,12-14,16,20,23,29,35H,7,10-11,15,17-19,21-22H2,1-6H3,(H,36,38). The van der Waals surface area contributed by atoms with Crippen LogP contribution in [0.5, 0.6) is 0 Å². The van der Waals surface area contributed by atoms with Crippen LogP contribution in [0.4, 0.5) is 5.69 Å². The molecule has 1 unspecified atom stereocenters. The van der Waals surface area contributed by atoms with E-state index >= 15 is 0 Å². The molecule has 1 amide bonds. The minimum atomic E-state index is -0.489. The quantitative estimate of drug-likeness (QED) is 0.277. The van der Waals surface area contributed by atoms with Crippen molar-refractivity contribution in [1.29, 1.82) is 0 Å². The fourth-order valence-corrected chi connectivity index (χ4v) is 5.66. The predicted octanol–water partition coefficient (Wildman–Crippen LogP) is 7.27. The number of esters is 1. The molecule has 6 nitrogen and oxygen atoms in total. The number of rotatable bonds is 9. The van der Waals surface area contributed by atoms with Crippen molar-refractivity contribution in [3.05, 3.63) is 65.4 Å². The van der Waals surface area contributed by atoms with Crippen LogP contribution in [0.3, 0.4) is 0 Å². The molecule has 0 aliphatic carbocycles. The number of aromatic amines is 1. The zero-order chi connectivity index (χ0) is 28.9. The molecule has 40 heavy (non-hydrogen) atoms. The van der Waals surface area contributed by atoms with Crippen molar-refractivity contribution in [2.45, 2.75) is 98.1 Å². The van der Waals surface area contributed by atoms with Crippen LogP contribution in [0.2, 0.25) is 0 Å². The number of aromatic nitrogens is 1. The monoisotopic (exact) mass is 545 g/mol. The summed E-state index contributed by atoms with van der Waals surface area (Å²) < 4.78 is 5.47. The number of nitrogens with one attached hydrogen (secondary N) is 2. The van der Waals surface area contributed by atoms with Gasteiger partial charge in [-0.05, 0) is 93.2 Å². The summed E-state index contributed by atoms with van der Waals surface area (Å²) in [7, 11) is 0. The van der Waals surface area contributed by atoms with Gasteiger partial charge in [0.1, 0.15) is 5.60 Å². The van der Waals surface area contributed by atoms with Crippen LogP contribution in [0.15, 0.2) is 48.7 Å². The molecule has 1 fully saturated rings. The summed E-state index contributed by atoms with van der Waals surface area (Å²) in [6, 6.07) is 14.6. The maximum absolute atomic E-state index is 13.5. The third kappa shape index (κ3) is 8.36. The Bertz CT molecular complexity index is 1310. The summed E-state index contributed by atoms with van der Waals surface area (Å²) in [6.07, 6.45) is 7.74. The van der Waals surface area contributed by atoms with Crippen molar-refractivity contribution in [2.24, 2.45) is 5.41 Å². The second-order valence-electron chi connectivity index (χ2n) is 13.4. The highest BCUT2D eigenvalue weighted by atomic mass is 16.6. The molecule has 6 heteroatoms. The molecule has 2 N–H and O–H groups in total. The highest BCUT2D eigenvalue weighted by Gasteiger charge is 2.26. The van der Waals surface area contributed by atoms with E-state index < -0.39 is 5.60 Å². The fourth-order valence-electron chi connectivity index (χ4n) is 5.66. The Morgan fingerprint density at radius 2 is 1.73 bits per heavy atom. The molecule has 3 aromatic rings. The number of H-pyrrole nitrogens is 1. The van der Waals surface area contributed by atoms with E-state index in [1.165, 1.54) is 30.5 Å². The maximum Gasteiger partial charge on any atom is 0.306 e. The Labute approximate surface area is 239 Å². The highest BCUT2D eigenvalue weighted by molar-refractivity contribution is 5.86. The largest absolute Gasteiger partial charge is 0.460 e. The summed E-state index contributed by atoms with van der Waals surface area (Å²) in [6.45, 7) is 14.5. The first-order valence-electron chi connectivity index (χ1n) is 14.8. The Balaban J connectivity index is 1.49. The number of benzene rings is 2. The number of carbonyl (C=O) groups excluding carboxylic acids is 2. The SMILES string of the molecule is CC(C)(C)CC(NC(=O)Cc1ccc2[nH]cc(CCC(=O)OC(C)(C)C)c2c1)c1ccccc1N1CCCCC1. The molecular weight excluding hydrogens is 498 g/mol. The van der Waals surface area contributed by atoms with Gasteiger partial charge >= 0.3 is 5.97 Å². The first kappa shape index (κ1) is 29.7. The van der Waals surface area contributed by atoms with Gasteiger partial charge in [-0.25, -0.2) is 0 Å². The smallest absolute Gasteiger partial charge is 0.306 e. The number of amides is 1. The number of ether oxygens (including phenoxy) is 1. The number of nitrogens with zero attached hydrogens (tertiary/aromatic N) is 1. The first-order chi connectivity index (χ1) is 18.9. The van der Waals surface area contributed by atoms with Gasteiger partial charge in [-0.15, -0.1) is 0 Å². The van der Waals surface area contributed by atoms with Crippen LogP contribution in [0.1, 0.15) is 96.4 Å². The van der Waals surface area contributed by atoms with Crippen LogP contribution < -0.4 is 10.2 Å². The number of anilines is 1. The van der Waals surface area contributed by atoms with E-state index in [2.05, 4.69) is 66.3 Å². The molecule has 1 saturated heterocycles. The number of fused-ring (bicyclic) bond motifs is 1. The first-order valence-corrected chi connectivity index (χ1v) is 14.8. The van der Waals surface area contributed by atoms with Crippen LogP contribution in [0.25, 0.3) is 10.9 Å². The van der Waals surface area contributed by atoms with E-state index in [0.717, 1.165) is 41.5 Å². The zero-order valence-corrected chi connectivity index (χ0v) is 25.2. The summed E-state index contributed by atoms with van der Waals surface area (Å²) >= 11 is 0. The van der Waals surface area contributed by atoms with Gasteiger partial charge in [-0.1, -0.05) is 45.0 Å².